The fraction of sp³-hybridized carbons (Fsp3) is 0.692. The van der Waals surface area contributed by atoms with Crippen LogP contribution >= 0.6 is 0 Å². The molecule has 1 aromatic heterocycles. The highest BCUT2D eigenvalue weighted by molar-refractivity contribution is 7.89. The van der Waals surface area contributed by atoms with Crippen LogP contribution in [-0.2, 0) is 10.0 Å². The standard InChI is InChI=1S/C13H24N4O2S/c1-6-7-14-13-15-8-12(9-16-13)20(18,19)17(5)11(4)10(2)3/h8-11H,6-7H2,1-5H3,(H,14,15,16). The fourth-order valence-electron chi connectivity index (χ4n) is 1.58. The summed E-state index contributed by atoms with van der Waals surface area (Å²) in [6, 6.07) is -0.0853. The highest BCUT2D eigenvalue weighted by atomic mass is 32.2. The smallest absolute Gasteiger partial charge is 0.246 e. The molecule has 0 aromatic carbocycles. The Hall–Kier alpha value is -1.21. The van der Waals surface area contributed by atoms with Gasteiger partial charge in [0.2, 0.25) is 16.0 Å². The Morgan fingerprint density at radius 1 is 1.25 bits per heavy atom. The Kier molecular flexibility index (Phi) is 5.88. The molecule has 1 unspecified atom stereocenters. The molecular weight excluding hydrogens is 276 g/mol. The van der Waals surface area contributed by atoms with E-state index in [1.807, 2.05) is 27.7 Å². The predicted molar refractivity (Wildman–Crippen MR) is 80.1 cm³/mol. The minimum Gasteiger partial charge on any atom is -0.354 e. The summed E-state index contributed by atoms with van der Waals surface area (Å²) in [5, 5.41) is 3.01. The Labute approximate surface area is 121 Å². The highest BCUT2D eigenvalue weighted by Crippen LogP contribution is 2.19. The Bertz CT molecular complexity index is 514. The summed E-state index contributed by atoms with van der Waals surface area (Å²) in [6.07, 6.45) is 3.66. The number of anilines is 1. The third kappa shape index (κ3) is 3.89. The molecular formula is C13H24N4O2S. The molecule has 0 saturated carbocycles. The molecule has 1 aromatic rings. The highest BCUT2D eigenvalue weighted by Gasteiger charge is 2.27. The number of hydrogen-bond donors (Lipinski definition) is 1. The lowest BCUT2D eigenvalue weighted by Crippen LogP contribution is -2.38. The summed E-state index contributed by atoms with van der Waals surface area (Å²) < 4.78 is 26.2. The second-order valence-electron chi connectivity index (χ2n) is 5.18. The lowest BCUT2D eigenvalue weighted by atomic mass is 10.1. The van der Waals surface area contributed by atoms with Gasteiger partial charge < -0.3 is 5.32 Å². The predicted octanol–water partition coefficient (Wildman–Crippen LogP) is 1.96. The molecule has 20 heavy (non-hydrogen) atoms. The van der Waals surface area contributed by atoms with E-state index in [0.29, 0.717) is 5.95 Å². The van der Waals surface area contributed by atoms with Crippen molar-refractivity contribution in [2.24, 2.45) is 5.92 Å². The van der Waals surface area contributed by atoms with Crippen LogP contribution in [0.5, 0.6) is 0 Å². The Balaban J connectivity index is 2.93. The first kappa shape index (κ1) is 16.8. The molecule has 1 rings (SSSR count). The Morgan fingerprint density at radius 2 is 1.80 bits per heavy atom. The second kappa shape index (κ2) is 6.99. The van der Waals surface area contributed by atoms with Gasteiger partial charge in [-0.05, 0) is 19.3 Å². The largest absolute Gasteiger partial charge is 0.354 e. The van der Waals surface area contributed by atoms with Crippen LogP contribution in [-0.4, -0.2) is 42.3 Å². The maximum Gasteiger partial charge on any atom is 0.246 e. The van der Waals surface area contributed by atoms with E-state index in [4.69, 9.17) is 0 Å². The van der Waals surface area contributed by atoms with Crippen molar-refractivity contribution in [2.75, 3.05) is 18.9 Å². The number of hydrogen-bond acceptors (Lipinski definition) is 5. The molecule has 0 aliphatic rings. The van der Waals surface area contributed by atoms with E-state index in [2.05, 4.69) is 15.3 Å². The van der Waals surface area contributed by atoms with Gasteiger partial charge in [0.25, 0.3) is 0 Å². The average molecular weight is 300 g/mol. The normalized spacial score (nSPS) is 13.8. The topological polar surface area (TPSA) is 75.2 Å². The van der Waals surface area contributed by atoms with E-state index in [9.17, 15) is 8.42 Å². The lowest BCUT2D eigenvalue weighted by Gasteiger charge is -2.26. The third-order valence-electron chi connectivity index (χ3n) is 3.38. The van der Waals surface area contributed by atoms with Gasteiger partial charge in [-0.1, -0.05) is 20.8 Å². The number of nitrogens with zero attached hydrogens (tertiary/aromatic N) is 3. The van der Waals surface area contributed by atoms with Crippen molar-refractivity contribution >= 4 is 16.0 Å². The number of nitrogens with one attached hydrogen (secondary N) is 1. The first-order valence-corrected chi connectivity index (χ1v) is 8.28. The molecule has 0 saturated heterocycles. The monoisotopic (exact) mass is 300 g/mol. The fourth-order valence-corrected chi connectivity index (χ4v) is 2.97. The summed E-state index contributed by atoms with van der Waals surface area (Å²) in [6.45, 7) is 8.67. The van der Waals surface area contributed by atoms with Crippen molar-refractivity contribution in [3.05, 3.63) is 12.4 Å². The number of sulfonamides is 1. The lowest BCUT2D eigenvalue weighted by molar-refractivity contribution is 0.315. The molecule has 7 heteroatoms. The van der Waals surface area contributed by atoms with Crippen molar-refractivity contribution in [3.63, 3.8) is 0 Å². The quantitative estimate of drug-likeness (QED) is 0.833. The van der Waals surface area contributed by atoms with E-state index >= 15 is 0 Å². The van der Waals surface area contributed by atoms with Crippen molar-refractivity contribution in [1.29, 1.82) is 0 Å². The van der Waals surface area contributed by atoms with Crippen LogP contribution in [0.4, 0.5) is 5.95 Å². The van der Waals surface area contributed by atoms with Crippen LogP contribution in [0.2, 0.25) is 0 Å². The van der Waals surface area contributed by atoms with Gasteiger partial charge in [0.1, 0.15) is 4.90 Å². The van der Waals surface area contributed by atoms with Gasteiger partial charge in [-0.15, -0.1) is 0 Å². The molecule has 0 fully saturated rings. The second-order valence-corrected chi connectivity index (χ2v) is 7.17. The zero-order valence-electron chi connectivity index (χ0n) is 12.8. The summed E-state index contributed by atoms with van der Waals surface area (Å²) in [5.41, 5.74) is 0. The maximum atomic E-state index is 12.4. The van der Waals surface area contributed by atoms with Crippen LogP contribution in [0.1, 0.15) is 34.1 Å². The van der Waals surface area contributed by atoms with Crippen molar-refractivity contribution in [3.8, 4) is 0 Å². The molecule has 0 bridgehead atoms. The van der Waals surface area contributed by atoms with Crippen LogP contribution < -0.4 is 5.32 Å². The maximum absolute atomic E-state index is 12.4. The molecule has 0 aliphatic heterocycles. The Morgan fingerprint density at radius 3 is 2.25 bits per heavy atom. The first-order chi connectivity index (χ1) is 9.30. The van der Waals surface area contributed by atoms with E-state index in [1.54, 1.807) is 7.05 Å². The minimum absolute atomic E-state index is 0.0853. The first-order valence-electron chi connectivity index (χ1n) is 6.84. The molecule has 0 amide bonds. The van der Waals surface area contributed by atoms with E-state index in [0.717, 1.165) is 13.0 Å². The zero-order valence-corrected chi connectivity index (χ0v) is 13.6. The van der Waals surface area contributed by atoms with E-state index in [-0.39, 0.29) is 16.9 Å². The van der Waals surface area contributed by atoms with Gasteiger partial charge >= 0.3 is 0 Å². The van der Waals surface area contributed by atoms with Gasteiger partial charge in [0, 0.05) is 19.6 Å². The van der Waals surface area contributed by atoms with E-state index in [1.165, 1.54) is 16.7 Å². The molecule has 6 nitrogen and oxygen atoms in total. The van der Waals surface area contributed by atoms with Crippen molar-refractivity contribution in [1.82, 2.24) is 14.3 Å². The molecule has 0 spiro atoms. The molecule has 0 radical (unpaired) electrons. The zero-order chi connectivity index (χ0) is 15.3. The van der Waals surface area contributed by atoms with Crippen molar-refractivity contribution in [2.45, 2.75) is 45.1 Å². The summed E-state index contributed by atoms with van der Waals surface area (Å²) >= 11 is 0. The van der Waals surface area contributed by atoms with Crippen LogP contribution in [0, 0.1) is 5.92 Å². The van der Waals surface area contributed by atoms with Crippen LogP contribution in [0.15, 0.2) is 17.3 Å². The van der Waals surface area contributed by atoms with Crippen molar-refractivity contribution < 1.29 is 8.42 Å². The summed E-state index contributed by atoms with van der Waals surface area (Å²) in [4.78, 5) is 8.20. The molecule has 0 aliphatic carbocycles. The van der Waals surface area contributed by atoms with Gasteiger partial charge in [0.05, 0.1) is 12.4 Å². The van der Waals surface area contributed by atoms with Gasteiger partial charge in [-0.25, -0.2) is 18.4 Å². The molecule has 1 atom stereocenters. The summed E-state index contributed by atoms with van der Waals surface area (Å²) in [5.74, 6) is 0.687. The van der Waals surface area contributed by atoms with Crippen LogP contribution in [0.25, 0.3) is 0 Å². The van der Waals surface area contributed by atoms with Gasteiger partial charge in [0.15, 0.2) is 0 Å². The van der Waals surface area contributed by atoms with E-state index < -0.39 is 10.0 Å². The third-order valence-corrected chi connectivity index (χ3v) is 5.27. The summed E-state index contributed by atoms with van der Waals surface area (Å²) in [7, 11) is -1.95. The SMILES string of the molecule is CCCNc1ncc(S(=O)(=O)N(C)C(C)C(C)C)cn1. The van der Waals surface area contributed by atoms with Gasteiger partial charge in [-0.2, -0.15) is 4.31 Å². The molecule has 114 valence electrons. The van der Waals surface area contributed by atoms with Crippen LogP contribution in [0.3, 0.4) is 0 Å². The number of aromatic nitrogens is 2. The minimum atomic E-state index is -3.54. The number of rotatable bonds is 7. The molecule has 1 N–H and O–H groups in total. The van der Waals surface area contributed by atoms with Gasteiger partial charge in [-0.3, -0.25) is 0 Å². The molecule has 1 heterocycles. The average Bonchev–Trinajstić information content (AvgIpc) is 2.43.